The molecule has 2 heterocycles. The molecule has 2 amide bonds. The van der Waals surface area contributed by atoms with E-state index in [1.165, 1.54) is 22.1 Å². The maximum atomic E-state index is 12.9. The summed E-state index contributed by atoms with van der Waals surface area (Å²) in [7, 11) is 3.85. The van der Waals surface area contributed by atoms with E-state index in [4.69, 9.17) is 11.6 Å². The number of hydrogen-bond donors (Lipinski definition) is 0. The minimum absolute atomic E-state index is 0.0920. The molecule has 0 radical (unpaired) electrons. The van der Waals surface area contributed by atoms with Crippen LogP contribution in [0.25, 0.3) is 0 Å². The van der Waals surface area contributed by atoms with Crippen LogP contribution in [0.15, 0.2) is 36.7 Å². The van der Waals surface area contributed by atoms with Crippen molar-refractivity contribution in [3.8, 4) is 0 Å². The first-order valence-corrected chi connectivity index (χ1v) is 10.7. The average molecular weight is 430 g/mol. The first-order chi connectivity index (χ1) is 14.3. The average Bonchev–Trinajstić information content (AvgIpc) is 3.41. The Bertz CT molecular complexity index is 931. The summed E-state index contributed by atoms with van der Waals surface area (Å²) in [5, 5.41) is 4.94. The molecule has 0 spiro atoms. The lowest BCUT2D eigenvalue weighted by Gasteiger charge is -2.26. The lowest BCUT2D eigenvalue weighted by Crippen LogP contribution is -2.36. The highest BCUT2D eigenvalue weighted by atomic mass is 35.5. The number of likely N-dealkylation sites (tertiary alicyclic amines) is 1. The van der Waals surface area contributed by atoms with Crippen LogP contribution in [0.4, 0.5) is 10.5 Å². The molecule has 1 aliphatic carbocycles. The molecule has 1 unspecified atom stereocenters. The van der Waals surface area contributed by atoms with Gasteiger partial charge in [-0.25, -0.2) is 4.79 Å². The molecular weight excluding hydrogens is 402 g/mol. The molecule has 2 aromatic rings. The summed E-state index contributed by atoms with van der Waals surface area (Å²) in [6.07, 6.45) is 5.38. The molecule has 3 atom stereocenters. The number of carbonyl (C=O) groups excluding carboxylic acids is 2. The second-order valence-electron chi connectivity index (χ2n) is 8.60. The molecule has 0 bridgehead atoms. The van der Waals surface area contributed by atoms with Crippen LogP contribution in [-0.4, -0.2) is 64.7 Å². The Balaban J connectivity index is 1.33. The Labute approximate surface area is 182 Å². The van der Waals surface area contributed by atoms with Gasteiger partial charge in [-0.2, -0.15) is 9.78 Å². The predicted molar refractivity (Wildman–Crippen MR) is 117 cm³/mol. The first kappa shape index (κ1) is 20.9. The summed E-state index contributed by atoms with van der Waals surface area (Å²) >= 11 is 6.11. The van der Waals surface area contributed by atoms with E-state index in [1.54, 1.807) is 19.4 Å². The van der Waals surface area contributed by atoms with Crippen molar-refractivity contribution in [1.82, 2.24) is 19.6 Å². The van der Waals surface area contributed by atoms with Gasteiger partial charge < -0.3 is 9.80 Å². The lowest BCUT2D eigenvalue weighted by atomic mass is 10.0. The van der Waals surface area contributed by atoms with E-state index in [-0.39, 0.29) is 11.9 Å². The van der Waals surface area contributed by atoms with Crippen molar-refractivity contribution in [3.63, 3.8) is 0 Å². The van der Waals surface area contributed by atoms with E-state index in [9.17, 15) is 9.59 Å². The van der Waals surface area contributed by atoms with E-state index in [1.807, 2.05) is 23.1 Å². The number of nitrogens with zero attached hydrogens (tertiary/aromatic N) is 5. The summed E-state index contributed by atoms with van der Waals surface area (Å²) in [6, 6.07) is 8.44. The maximum absolute atomic E-state index is 12.9. The minimum atomic E-state index is -0.114. The van der Waals surface area contributed by atoms with Gasteiger partial charge in [0.05, 0.1) is 18.1 Å². The summed E-state index contributed by atoms with van der Waals surface area (Å²) < 4.78 is 1.35. The molecule has 30 heavy (non-hydrogen) atoms. The van der Waals surface area contributed by atoms with Gasteiger partial charge in [-0.3, -0.25) is 9.69 Å². The molecule has 8 heteroatoms. The van der Waals surface area contributed by atoms with Gasteiger partial charge in [-0.1, -0.05) is 23.7 Å². The standard InChI is InChI=1S/C22H28ClN5O2/c1-15(29)26(3)21-10-24-28(14-21)22(30)27-12-17-8-20(9-18(17)13-27)25(2)11-16-5-4-6-19(23)7-16/h4-7,10,14,17-18,20H,8-9,11-13H2,1-3H3/t17-,18+,20?. The number of benzene rings is 1. The number of hydrogen-bond acceptors (Lipinski definition) is 4. The van der Waals surface area contributed by atoms with Gasteiger partial charge >= 0.3 is 6.03 Å². The predicted octanol–water partition coefficient (Wildman–Crippen LogP) is 3.33. The fourth-order valence-electron chi connectivity index (χ4n) is 4.75. The van der Waals surface area contributed by atoms with E-state index < -0.39 is 0 Å². The van der Waals surface area contributed by atoms with Crippen molar-refractivity contribution in [2.24, 2.45) is 11.8 Å². The van der Waals surface area contributed by atoms with Gasteiger partial charge in [-0.15, -0.1) is 0 Å². The van der Waals surface area contributed by atoms with E-state index >= 15 is 0 Å². The molecule has 2 fully saturated rings. The van der Waals surface area contributed by atoms with Crippen LogP contribution >= 0.6 is 11.6 Å². The van der Waals surface area contributed by atoms with Gasteiger partial charge in [-0.05, 0) is 49.4 Å². The highest BCUT2D eigenvalue weighted by molar-refractivity contribution is 6.30. The van der Waals surface area contributed by atoms with Crippen LogP contribution in [-0.2, 0) is 11.3 Å². The third-order valence-electron chi connectivity index (χ3n) is 6.57. The van der Waals surface area contributed by atoms with Gasteiger partial charge in [0.2, 0.25) is 5.91 Å². The summed E-state index contributed by atoms with van der Waals surface area (Å²) in [5.74, 6) is 0.956. The summed E-state index contributed by atoms with van der Waals surface area (Å²) in [4.78, 5) is 30.2. The maximum Gasteiger partial charge on any atom is 0.344 e. The monoisotopic (exact) mass is 429 g/mol. The fourth-order valence-corrected chi connectivity index (χ4v) is 4.97. The van der Waals surface area contributed by atoms with Crippen LogP contribution in [0.1, 0.15) is 25.3 Å². The Morgan fingerprint density at radius 3 is 2.53 bits per heavy atom. The van der Waals surface area contributed by atoms with Gasteiger partial charge in [0, 0.05) is 44.7 Å². The molecule has 1 aliphatic heterocycles. The number of carbonyl (C=O) groups is 2. The summed E-state index contributed by atoms with van der Waals surface area (Å²) in [5.41, 5.74) is 1.85. The Kier molecular flexibility index (Phi) is 5.84. The van der Waals surface area contributed by atoms with Gasteiger partial charge in [0.1, 0.15) is 0 Å². The molecular formula is C22H28ClN5O2. The summed E-state index contributed by atoms with van der Waals surface area (Å²) in [6.45, 7) is 3.90. The minimum Gasteiger partial charge on any atom is -0.322 e. The molecule has 1 saturated carbocycles. The van der Waals surface area contributed by atoms with Crippen LogP contribution < -0.4 is 4.90 Å². The largest absolute Gasteiger partial charge is 0.344 e. The number of halogens is 1. The topological polar surface area (TPSA) is 61.7 Å². The zero-order valence-corrected chi connectivity index (χ0v) is 18.4. The third-order valence-corrected chi connectivity index (χ3v) is 6.80. The number of aromatic nitrogens is 2. The zero-order chi connectivity index (χ0) is 21.4. The zero-order valence-electron chi connectivity index (χ0n) is 17.7. The number of rotatable bonds is 4. The first-order valence-electron chi connectivity index (χ1n) is 10.3. The van der Waals surface area contributed by atoms with Crippen molar-refractivity contribution in [2.45, 2.75) is 32.4 Å². The van der Waals surface area contributed by atoms with Crippen LogP contribution in [0, 0.1) is 11.8 Å². The van der Waals surface area contributed by atoms with E-state index in [2.05, 4.69) is 23.1 Å². The van der Waals surface area contributed by atoms with Crippen LogP contribution in [0.2, 0.25) is 5.02 Å². The van der Waals surface area contributed by atoms with Gasteiger partial charge in [0.15, 0.2) is 0 Å². The molecule has 0 N–H and O–H groups in total. The van der Waals surface area contributed by atoms with E-state index in [0.29, 0.717) is 23.6 Å². The Morgan fingerprint density at radius 1 is 1.20 bits per heavy atom. The third kappa shape index (κ3) is 4.23. The molecule has 1 aromatic heterocycles. The smallest absolute Gasteiger partial charge is 0.322 e. The molecule has 2 aliphatic rings. The van der Waals surface area contributed by atoms with Crippen LogP contribution in [0.3, 0.4) is 0 Å². The highest BCUT2D eigenvalue weighted by Crippen LogP contribution is 2.40. The fraction of sp³-hybridized carbons (Fsp3) is 0.500. The molecule has 160 valence electrons. The van der Waals surface area contributed by atoms with Crippen LogP contribution in [0.5, 0.6) is 0 Å². The lowest BCUT2D eigenvalue weighted by molar-refractivity contribution is -0.116. The Hall–Kier alpha value is -2.38. The van der Waals surface area contributed by atoms with Gasteiger partial charge in [0.25, 0.3) is 0 Å². The quantitative estimate of drug-likeness (QED) is 0.747. The van der Waals surface area contributed by atoms with Crippen molar-refractivity contribution in [3.05, 3.63) is 47.2 Å². The second kappa shape index (κ2) is 8.40. The van der Waals surface area contributed by atoms with Crippen molar-refractivity contribution in [2.75, 3.05) is 32.1 Å². The number of amides is 2. The normalized spacial score (nSPS) is 23.1. The molecule has 7 nitrogen and oxygen atoms in total. The SMILES string of the molecule is CC(=O)N(C)c1cnn(C(=O)N2C[C@H]3CC(N(C)Cc4cccc(Cl)c4)C[C@H]3C2)c1. The molecule has 4 rings (SSSR count). The molecule has 1 aromatic carbocycles. The second-order valence-corrected chi connectivity index (χ2v) is 9.04. The van der Waals surface area contributed by atoms with Crippen molar-refractivity contribution >= 4 is 29.2 Å². The van der Waals surface area contributed by atoms with E-state index in [0.717, 1.165) is 37.5 Å². The number of anilines is 1. The van der Waals surface area contributed by atoms with Crippen molar-refractivity contribution < 1.29 is 9.59 Å². The highest BCUT2D eigenvalue weighted by Gasteiger charge is 2.43. The van der Waals surface area contributed by atoms with Crippen molar-refractivity contribution in [1.29, 1.82) is 0 Å². The molecule has 1 saturated heterocycles. The Morgan fingerprint density at radius 2 is 1.90 bits per heavy atom. The number of fused-ring (bicyclic) bond motifs is 1.